The maximum Gasteiger partial charge on any atom is 0.134 e. The van der Waals surface area contributed by atoms with Crippen LogP contribution in [-0.4, -0.2) is 11.4 Å². The zero-order chi connectivity index (χ0) is 19.6. The molecular formula is C24H30Br2O. The van der Waals surface area contributed by atoms with E-state index in [4.69, 9.17) is 4.74 Å². The molecule has 1 nitrogen and oxygen atoms in total. The van der Waals surface area contributed by atoms with Gasteiger partial charge in [0.1, 0.15) is 5.75 Å². The molecule has 0 aromatic heterocycles. The van der Waals surface area contributed by atoms with Crippen molar-refractivity contribution in [2.45, 2.75) is 44.9 Å². The second-order valence-electron chi connectivity index (χ2n) is 7.54. The van der Waals surface area contributed by atoms with Crippen molar-refractivity contribution in [1.29, 1.82) is 0 Å². The van der Waals surface area contributed by atoms with Crippen molar-refractivity contribution < 1.29 is 4.74 Å². The van der Waals surface area contributed by atoms with Crippen molar-refractivity contribution in [2.75, 3.05) is 6.61 Å². The molecular weight excluding hydrogens is 464 g/mol. The smallest absolute Gasteiger partial charge is 0.134 e. The second kappa shape index (κ2) is 11.7. The van der Waals surface area contributed by atoms with Gasteiger partial charge < -0.3 is 4.74 Å². The highest BCUT2D eigenvalue weighted by atomic mass is 79.9. The lowest BCUT2D eigenvalue weighted by molar-refractivity contribution is 0.278. The van der Waals surface area contributed by atoms with Gasteiger partial charge in [-0.1, -0.05) is 85.3 Å². The van der Waals surface area contributed by atoms with Crippen LogP contribution in [0.2, 0.25) is 0 Å². The summed E-state index contributed by atoms with van der Waals surface area (Å²) in [6.07, 6.45) is 7.78. The lowest BCUT2D eigenvalue weighted by atomic mass is 9.97. The van der Waals surface area contributed by atoms with E-state index >= 15 is 0 Å². The van der Waals surface area contributed by atoms with Gasteiger partial charge in [-0.3, -0.25) is 0 Å². The third-order valence-corrected chi connectivity index (χ3v) is 6.71. The van der Waals surface area contributed by atoms with E-state index in [1.807, 2.05) is 6.07 Å². The molecule has 0 N–H and O–H groups in total. The normalized spacial score (nSPS) is 13.9. The first-order valence-electron chi connectivity index (χ1n) is 9.75. The summed E-state index contributed by atoms with van der Waals surface area (Å²) in [4.78, 5) is 0.562. The Hall–Kier alpha value is -1.06. The maximum atomic E-state index is 6.07. The molecule has 27 heavy (non-hydrogen) atoms. The molecule has 2 aromatic carbocycles. The average molecular weight is 494 g/mol. The number of benzene rings is 2. The minimum Gasteiger partial charge on any atom is -0.492 e. The van der Waals surface area contributed by atoms with Gasteiger partial charge in [0.2, 0.25) is 0 Å². The highest BCUT2D eigenvalue weighted by molar-refractivity contribution is 9.10. The van der Waals surface area contributed by atoms with E-state index in [1.54, 1.807) is 0 Å². The molecule has 0 aliphatic heterocycles. The second-order valence-corrected chi connectivity index (χ2v) is 9.57. The van der Waals surface area contributed by atoms with Crippen molar-refractivity contribution in [3.8, 4) is 5.75 Å². The molecule has 146 valence electrons. The Balaban J connectivity index is 1.88. The van der Waals surface area contributed by atoms with Gasteiger partial charge in [-0.05, 0) is 70.3 Å². The minimum atomic E-state index is 0.562. The number of ether oxygens (including phenoxy) is 1. The van der Waals surface area contributed by atoms with E-state index in [0.29, 0.717) is 10.7 Å². The molecule has 0 amide bonds. The van der Waals surface area contributed by atoms with Gasteiger partial charge >= 0.3 is 0 Å². The highest BCUT2D eigenvalue weighted by Crippen LogP contribution is 2.28. The molecule has 2 aromatic rings. The number of hydrogen-bond acceptors (Lipinski definition) is 1. The first kappa shape index (κ1) is 22.2. The molecule has 0 heterocycles. The highest BCUT2D eigenvalue weighted by Gasteiger charge is 2.15. The Morgan fingerprint density at radius 2 is 1.59 bits per heavy atom. The summed E-state index contributed by atoms with van der Waals surface area (Å²) in [5, 5.41) is 0. The summed E-state index contributed by atoms with van der Waals surface area (Å²) >= 11 is 7.46. The predicted octanol–water partition coefficient (Wildman–Crippen LogP) is 8.22. The molecule has 3 heteroatoms. The Morgan fingerprint density at radius 3 is 2.30 bits per heavy atom. The molecule has 0 fully saturated rings. The van der Waals surface area contributed by atoms with Gasteiger partial charge in [0.25, 0.3) is 0 Å². The fourth-order valence-electron chi connectivity index (χ4n) is 2.80. The molecule has 2 atom stereocenters. The molecule has 0 saturated carbocycles. The SMILES string of the molecule is CC(C)CCC(Br)C(C)CCOc1cc(/C=C/c2ccccc2)ccc1Br. The van der Waals surface area contributed by atoms with E-state index in [9.17, 15) is 0 Å². The third kappa shape index (κ3) is 8.23. The van der Waals surface area contributed by atoms with Crippen LogP contribution in [0.5, 0.6) is 5.75 Å². The van der Waals surface area contributed by atoms with E-state index in [0.717, 1.165) is 34.7 Å². The fourth-order valence-corrected chi connectivity index (χ4v) is 3.69. The topological polar surface area (TPSA) is 9.23 Å². The average Bonchev–Trinajstić information content (AvgIpc) is 2.67. The lowest BCUT2D eigenvalue weighted by Crippen LogP contribution is -2.15. The van der Waals surface area contributed by atoms with Gasteiger partial charge in [-0.15, -0.1) is 0 Å². The summed E-state index contributed by atoms with van der Waals surface area (Å²) in [5.74, 6) is 2.27. The monoisotopic (exact) mass is 492 g/mol. The standard InChI is InChI=1S/C24H30Br2O/c1-18(2)9-13-22(25)19(3)15-16-27-24-17-21(12-14-23(24)26)11-10-20-7-5-4-6-8-20/h4-8,10-12,14,17-19,22H,9,13,15-16H2,1-3H3/b11-10+. The van der Waals surface area contributed by atoms with Crippen LogP contribution in [0.25, 0.3) is 12.2 Å². The summed E-state index contributed by atoms with van der Waals surface area (Å²) < 4.78 is 7.08. The van der Waals surface area contributed by atoms with E-state index in [2.05, 4.69) is 107 Å². The fraction of sp³-hybridized carbons (Fsp3) is 0.417. The van der Waals surface area contributed by atoms with Crippen molar-refractivity contribution in [2.24, 2.45) is 11.8 Å². The number of halogens is 2. The third-order valence-electron chi connectivity index (χ3n) is 4.69. The van der Waals surface area contributed by atoms with E-state index in [-0.39, 0.29) is 0 Å². The van der Waals surface area contributed by atoms with Crippen molar-refractivity contribution in [1.82, 2.24) is 0 Å². The quantitative estimate of drug-likeness (QED) is 0.239. The largest absolute Gasteiger partial charge is 0.492 e. The molecule has 0 bridgehead atoms. The van der Waals surface area contributed by atoms with Crippen LogP contribution in [0.4, 0.5) is 0 Å². The van der Waals surface area contributed by atoms with Crippen LogP contribution in [0.15, 0.2) is 53.0 Å². The summed E-state index contributed by atoms with van der Waals surface area (Å²) in [6, 6.07) is 16.6. The van der Waals surface area contributed by atoms with Crippen LogP contribution in [0, 0.1) is 11.8 Å². The number of alkyl halides is 1. The van der Waals surface area contributed by atoms with Crippen LogP contribution < -0.4 is 4.74 Å². The summed E-state index contributed by atoms with van der Waals surface area (Å²) in [7, 11) is 0. The van der Waals surface area contributed by atoms with E-state index in [1.165, 1.54) is 18.4 Å². The van der Waals surface area contributed by atoms with Gasteiger partial charge in [0, 0.05) is 4.83 Å². The Labute approximate surface area is 181 Å². The van der Waals surface area contributed by atoms with Gasteiger partial charge in [0.05, 0.1) is 11.1 Å². The van der Waals surface area contributed by atoms with Crippen LogP contribution in [-0.2, 0) is 0 Å². The number of hydrogen-bond donors (Lipinski definition) is 0. The Kier molecular flexibility index (Phi) is 9.64. The van der Waals surface area contributed by atoms with Crippen LogP contribution in [0.3, 0.4) is 0 Å². The Bertz CT molecular complexity index is 710. The van der Waals surface area contributed by atoms with Crippen molar-refractivity contribution >= 4 is 44.0 Å². The van der Waals surface area contributed by atoms with Crippen molar-refractivity contribution in [3.05, 3.63) is 64.1 Å². The zero-order valence-electron chi connectivity index (χ0n) is 16.5. The van der Waals surface area contributed by atoms with Gasteiger partial charge in [-0.2, -0.15) is 0 Å². The van der Waals surface area contributed by atoms with Gasteiger partial charge in [-0.25, -0.2) is 0 Å². The summed E-state index contributed by atoms with van der Waals surface area (Å²) in [6.45, 7) is 7.60. The van der Waals surface area contributed by atoms with E-state index < -0.39 is 0 Å². The number of rotatable bonds is 10. The van der Waals surface area contributed by atoms with Crippen LogP contribution >= 0.6 is 31.9 Å². The first-order valence-corrected chi connectivity index (χ1v) is 11.5. The molecule has 0 saturated heterocycles. The minimum absolute atomic E-state index is 0.562. The van der Waals surface area contributed by atoms with Crippen LogP contribution in [0.1, 0.15) is 51.2 Å². The van der Waals surface area contributed by atoms with Crippen molar-refractivity contribution in [3.63, 3.8) is 0 Å². The molecule has 0 spiro atoms. The molecule has 0 aliphatic rings. The molecule has 0 radical (unpaired) electrons. The molecule has 2 rings (SSSR count). The first-order chi connectivity index (χ1) is 13.0. The maximum absolute atomic E-state index is 6.07. The zero-order valence-corrected chi connectivity index (χ0v) is 19.7. The Morgan fingerprint density at radius 1 is 0.889 bits per heavy atom. The predicted molar refractivity (Wildman–Crippen MR) is 126 cm³/mol. The lowest BCUT2D eigenvalue weighted by Gasteiger charge is -2.19. The molecule has 0 aliphatic carbocycles. The summed E-state index contributed by atoms with van der Waals surface area (Å²) in [5.41, 5.74) is 2.34. The molecule has 2 unspecified atom stereocenters. The van der Waals surface area contributed by atoms with Gasteiger partial charge in [0.15, 0.2) is 0 Å².